The molecule has 0 bridgehead atoms. The van der Waals surface area contributed by atoms with Crippen molar-refractivity contribution in [3.05, 3.63) is 256 Å². The van der Waals surface area contributed by atoms with Gasteiger partial charge in [-0.15, -0.1) is 20.4 Å². The van der Waals surface area contributed by atoms with Gasteiger partial charge in [-0.1, -0.05) is 131 Å². The minimum absolute atomic E-state index is 0. The molecule has 3 atom stereocenters. The van der Waals surface area contributed by atoms with Crippen molar-refractivity contribution in [3.63, 3.8) is 0 Å². The molecule has 586 valence electrons. The third-order valence-electron chi connectivity index (χ3n) is 19.8. The Bertz CT molecular complexity index is 5130. The number of likely N-dealkylation sites (N-methyl/N-ethyl adjacent to an activating group) is 1. The maximum Gasteiger partial charge on any atom is 0.246 e. The van der Waals surface area contributed by atoms with Crippen molar-refractivity contribution in [2.45, 2.75) is 83.7 Å². The van der Waals surface area contributed by atoms with Gasteiger partial charge in [0.1, 0.15) is 54.6 Å². The number of rotatable bonds is 26. The van der Waals surface area contributed by atoms with Crippen LogP contribution in [0.3, 0.4) is 0 Å². The fraction of sp³-hybridized carbons (Fsp3) is 0.294. The van der Waals surface area contributed by atoms with Gasteiger partial charge in [-0.2, -0.15) is 25.2 Å². The van der Waals surface area contributed by atoms with Crippen molar-refractivity contribution in [1.29, 1.82) is 5.26 Å². The number of pyridine rings is 4. The first-order chi connectivity index (χ1) is 55.2. The second-order valence-corrected chi connectivity index (χ2v) is 29.0. The number of nitriles is 1. The number of nitrogens with two attached hydrogens (primary N) is 1. The summed E-state index contributed by atoms with van der Waals surface area (Å²) in [5.41, 5.74) is 13.5. The number of anilines is 12. The van der Waals surface area contributed by atoms with E-state index in [1.807, 2.05) is 201 Å². The molecule has 0 radical (unpaired) electrons. The maximum absolute atomic E-state index is 11.7. The van der Waals surface area contributed by atoms with Gasteiger partial charge in [-0.05, 0) is 136 Å². The summed E-state index contributed by atoms with van der Waals surface area (Å²) in [4.78, 5) is 54.3. The van der Waals surface area contributed by atoms with Crippen LogP contribution in [0.4, 0.5) is 69.8 Å². The van der Waals surface area contributed by atoms with E-state index in [4.69, 9.17) is 5.73 Å². The molecule has 13 aromatic rings. The van der Waals surface area contributed by atoms with Gasteiger partial charge in [0.25, 0.3) is 0 Å². The maximum atomic E-state index is 11.7. The largest absolute Gasteiger partial charge is 0.368 e. The number of hydrogen-bond donors (Lipinski definition) is 7. The Kier molecular flexibility index (Phi) is 27.4. The number of carbonyl (C=O) groups excluding carboxylic acids is 1. The van der Waals surface area contributed by atoms with Gasteiger partial charge in [0.2, 0.25) is 29.7 Å². The average molecular weight is 1530 g/mol. The highest BCUT2D eigenvalue weighted by Gasteiger charge is 2.37. The lowest BCUT2D eigenvalue weighted by molar-refractivity contribution is -0.868. The molecule has 11 heterocycles. The Morgan fingerprint density at radius 1 is 0.518 bits per heavy atom. The summed E-state index contributed by atoms with van der Waals surface area (Å²) in [6.07, 6.45) is 21.4. The molecule has 114 heavy (non-hydrogen) atoms. The predicted octanol–water partition coefficient (Wildman–Crippen LogP) is 13.8. The van der Waals surface area contributed by atoms with Crippen LogP contribution in [0.25, 0.3) is 22.7 Å². The highest BCUT2D eigenvalue weighted by atomic mass is 16.1. The second-order valence-electron chi connectivity index (χ2n) is 29.0. The SMILES string of the molecule is C.CCC(C)C(Nc1cc(-n2cnc(Nc3ccccc3)n2)ccn1)C(N)=O.C[N+](C)(C)CCNc1cc(-n2cnc(Nc3ccccc3)n2)ccn1.N#CC1(c2ccccc2)CCN(c2cc(-n3cnc(Nc4ccccc4)n3)ccn2)CC1.c1ccc(Nc2ncn(-c3ccnc(N4CCC[C@H]4CN4CCCC4)c3)n2)cc1. The predicted molar refractivity (Wildman–Crippen MR) is 451 cm³/mol. The summed E-state index contributed by atoms with van der Waals surface area (Å²) in [5, 5.41) is 47.2. The number of quaternary nitrogens is 1. The minimum atomic E-state index is -0.483. The van der Waals surface area contributed by atoms with Crippen molar-refractivity contribution in [2.24, 2.45) is 11.7 Å². The van der Waals surface area contributed by atoms with E-state index < -0.39 is 17.4 Å². The van der Waals surface area contributed by atoms with Crippen molar-refractivity contribution in [2.75, 3.05) is 115 Å². The monoisotopic (exact) mass is 1530 g/mol. The van der Waals surface area contributed by atoms with Gasteiger partial charge < -0.3 is 56.8 Å². The fourth-order valence-electron chi connectivity index (χ4n) is 13.4. The molecule has 29 nitrogen and oxygen atoms in total. The van der Waals surface area contributed by atoms with Crippen molar-refractivity contribution >= 4 is 75.7 Å². The average Bonchev–Trinajstić information content (AvgIpc) is 0.985. The number of piperidine rings is 1. The molecule has 29 heteroatoms. The lowest BCUT2D eigenvalue weighted by Crippen LogP contribution is -2.42. The number of aromatic nitrogens is 16. The number of para-hydroxylation sites is 4. The van der Waals surface area contributed by atoms with Crippen molar-refractivity contribution in [3.8, 4) is 28.8 Å². The third-order valence-corrected chi connectivity index (χ3v) is 19.8. The molecule has 0 spiro atoms. The van der Waals surface area contributed by atoms with E-state index in [0.717, 1.165) is 132 Å². The molecule has 3 fully saturated rings. The molecular weight excluding hydrogens is 1430 g/mol. The van der Waals surface area contributed by atoms with E-state index in [-0.39, 0.29) is 13.3 Å². The Morgan fingerprint density at radius 2 is 0.921 bits per heavy atom. The number of benzene rings is 5. The van der Waals surface area contributed by atoms with Crippen LogP contribution < -0.4 is 47.4 Å². The van der Waals surface area contributed by atoms with Crippen LogP contribution in [-0.2, 0) is 10.2 Å². The van der Waals surface area contributed by atoms with Gasteiger partial charge in [0.15, 0.2) is 0 Å². The molecule has 3 aliphatic rings. The van der Waals surface area contributed by atoms with Crippen LogP contribution in [0.1, 0.15) is 71.8 Å². The molecule has 0 aliphatic carbocycles. The van der Waals surface area contributed by atoms with E-state index in [2.05, 4.69) is 152 Å². The quantitative estimate of drug-likeness (QED) is 0.0248. The first-order valence-corrected chi connectivity index (χ1v) is 38.3. The summed E-state index contributed by atoms with van der Waals surface area (Å²) in [7, 11) is 6.51. The van der Waals surface area contributed by atoms with Gasteiger partial charge in [-0.25, -0.2) is 38.7 Å². The van der Waals surface area contributed by atoms with E-state index in [0.29, 0.717) is 35.7 Å². The summed E-state index contributed by atoms with van der Waals surface area (Å²) < 4.78 is 7.83. The Hall–Kier alpha value is -13.5. The number of hydrogen-bond acceptors (Lipinski definition) is 23. The molecule has 1 amide bonds. The normalized spacial score (nSPS) is 14.8. The van der Waals surface area contributed by atoms with Crippen LogP contribution in [0, 0.1) is 17.2 Å². The first kappa shape index (κ1) is 80.1. The summed E-state index contributed by atoms with van der Waals surface area (Å²) in [6.45, 7) is 12.1. The molecule has 5 aromatic carbocycles. The molecular formula is C85H101N28O+. The van der Waals surface area contributed by atoms with E-state index >= 15 is 0 Å². The van der Waals surface area contributed by atoms with Crippen molar-refractivity contribution < 1.29 is 9.28 Å². The number of nitrogens with one attached hydrogen (secondary N) is 6. The van der Waals surface area contributed by atoms with Crippen LogP contribution in [0.15, 0.2) is 250 Å². The highest BCUT2D eigenvalue weighted by Crippen LogP contribution is 2.37. The number of amides is 1. The zero-order chi connectivity index (χ0) is 78.2. The molecule has 16 rings (SSSR count). The Balaban J connectivity index is 0.000000141. The van der Waals surface area contributed by atoms with Gasteiger partial charge in [0, 0.05) is 104 Å². The Morgan fingerprint density at radius 3 is 1.35 bits per heavy atom. The standard InChI is InChI=1S/C25H23N7.C22H27N7.C19H23N7O.C18H24N7.CH4/c26-18-25(20-7-3-1-4-8-20)12-15-31(16-13-25)23-17-22(11-14-27-23)32-19-28-24(30-32)29-21-9-5-2-6-10-21;1-2-7-18(8-3-1)25-22-24-17-29(26-22)19-10-11-23-21(15-19)28-14-6-9-20(28)16-27-12-4-5-13-27;1-3-13(2)17(18(20)27)24-16-11-15(9-10-21-16)26-12-22-19(25-26)23-14-7-5-4-6-8-14;1-25(2,3)12-11-20-17-13-16(9-10-19-17)24-14-21-18(23-24)22-15-7-5-4-6-8-15;/h1-11,14,17,19H,12-13,15-16H2,(H,29,30);1-3,7-8,10-11,15,17,20H,4-6,9,12-14,16H2,(H,25,26);4-13,17H,3H2,1-2H3,(H2,20,27)(H,21,24)(H,23,25);4-10,13-14H,11-12H2,1-3H3,(H,19,20)(H,22,23);1H4/q;;;+1;/t;20-;;;/m.0.../s1. The second kappa shape index (κ2) is 38.9. The van der Waals surface area contributed by atoms with E-state index in [9.17, 15) is 10.1 Å². The van der Waals surface area contributed by atoms with Crippen LogP contribution in [-0.4, -0.2) is 180 Å². The smallest absolute Gasteiger partial charge is 0.246 e. The lowest BCUT2D eigenvalue weighted by Gasteiger charge is -2.38. The number of nitrogens with zero attached hydrogens (tertiary/aromatic N) is 21. The third kappa shape index (κ3) is 22.2. The summed E-state index contributed by atoms with van der Waals surface area (Å²) in [5.74, 6) is 5.19. The highest BCUT2D eigenvalue weighted by molar-refractivity contribution is 5.83. The molecule has 8 N–H and O–H groups in total. The summed E-state index contributed by atoms with van der Waals surface area (Å²) >= 11 is 0. The van der Waals surface area contributed by atoms with Gasteiger partial charge in [-0.3, -0.25) is 4.79 Å². The molecule has 0 saturated carbocycles. The molecule has 3 saturated heterocycles. The van der Waals surface area contributed by atoms with Gasteiger partial charge >= 0.3 is 0 Å². The van der Waals surface area contributed by atoms with Crippen LogP contribution in [0.5, 0.6) is 0 Å². The molecule has 2 unspecified atom stereocenters. The number of carbonyl (C=O) groups is 1. The zero-order valence-corrected chi connectivity index (χ0v) is 64.4. The van der Waals surface area contributed by atoms with E-state index in [1.54, 1.807) is 64.0 Å². The van der Waals surface area contributed by atoms with Crippen LogP contribution >= 0.6 is 0 Å². The van der Waals surface area contributed by atoms with Gasteiger partial charge in [0.05, 0.1) is 68.5 Å². The minimum Gasteiger partial charge on any atom is -0.368 e. The summed E-state index contributed by atoms with van der Waals surface area (Å²) in [6, 6.07) is 67.7. The fourth-order valence-corrected chi connectivity index (χ4v) is 13.4. The topological polar surface area (TPSA) is 323 Å². The lowest BCUT2D eigenvalue weighted by atomic mass is 9.74. The zero-order valence-electron chi connectivity index (χ0n) is 64.4. The first-order valence-electron chi connectivity index (χ1n) is 38.3. The number of likely N-dealkylation sites (tertiary alicyclic amines) is 1. The van der Waals surface area contributed by atoms with E-state index in [1.165, 1.54) is 38.8 Å². The Labute approximate surface area is 666 Å². The molecule has 8 aromatic heterocycles. The van der Waals surface area contributed by atoms with Crippen molar-refractivity contribution in [1.82, 2.24) is 83.9 Å². The molecule has 3 aliphatic heterocycles. The van der Waals surface area contributed by atoms with Crippen LogP contribution in [0.2, 0.25) is 0 Å². The number of primary amides is 1.